The zero-order chi connectivity index (χ0) is 15.1. The number of benzene rings is 2. The molecule has 5 nitrogen and oxygen atoms in total. The van der Waals surface area contributed by atoms with Gasteiger partial charge >= 0.3 is 5.97 Å². The number of ether oxygens (including phenoxy) is 1. The van der Waals surface area contributed by atoms with Gasteiger partial charge in [0.15, 0.2) is 11.6 Å². The van der Waals surface area contributed by atoms with Gasteiger partial charge in [-0.05, 0) is 12.1 Å². The van der Waals surface area contributed by atoms with E-state index in [2.05, 4.69) is 0 Å². The first-order valence-corrected chi connectivity index (χ1v) is 6.19. The monoisotopic (exact) mass is 282 g/mol. The predicted octanol–water partition coefficient (Wildman–Crippen LogP) is 2.17. The van der Waals surface area contributed by atoms with Crippen LogP contribution in [0.4, 0.5) is 0 Å². The number of hydrogen-bond acceptors (Lipinski definition) is 4. The summed E-state index contributed by atoms with van der Waals surface area (Å²) in [6.45, 7) is 0. The number of rotatable bonds is 2. The summed E-state index contributed by atoms with van der Waals surface area (Å²) in [7, 11) is 1.28. The number of hydrogen-bond donors (Lipinski definition) is 1. The average Bonchev–Trinajstić information content (AvgIpc) is 2.51. The number of methoxy groups -OCH3 is 1. The summed E-state index contributed by atoms with van der Waals surface area (Å²) in [5.41, 5.74) is 0.620. The van der Waals surface area contributed by atoms with Crippen LogP contribution in [0.15, 0.2) is 36.4 Å². The molecule has 0 saturated carbocycles. The normalized spacial score (nSPS) is 12.6. The van der Waals surface area contributed by atoms with Crippen LogP contribution in [0, 0.1) is 0 Å². The lowest BCUT2D eigenvalue weighted by Gasteiger charge is -2.20. The lowest BCUT2D eigenvalue weighted by molar-refractivity contribution is 0.0692. The summed E-state index contributed by atoms with van der Waals surface area (Å²) in [6, 6.07) is 9.10. The van der Waals surface area contributed by atoms with Crippen molar-refractivity contribution in [2.75, 3.05) is 7.11 Å². The van der Waals surface area contributed by atoms with E-state index in [0.29, 0.717) is 5.56 Å². The van der Waals surface area contributed by atoms with E-state index in [1.165, 1.54) is 19.2 Å². The van der Waals surface area contributed by atoms with Gasteiger partial charge in [-0.2, -0.15) is 0 Å². The fourth-order valence-electron chi connectivity index (χ4n) is 2.54. The Balaban J connectivity index is 2.35. The Kier molecular flexibility index (Phi) is 2.83. The zero-order valence-corrected chi connectivity index (χ0v) is 11.0. The highest BCUT2D eigenvalue weighted by atomic mass is 16.5. The molecule has 104 valence electrons. The van der Waals surface area contributed by atoms with E-state index in [-0.39, 0.29) is 33.8 Å². The van der Waals surface area contributed by atoms with Crippen molar-refractivity contribution in [3.8, 4) is 5.75 Å². The number of carbonyl (C=O) groups excluding carboxylic acids is 2. The molecule has 0 atom stereocenters. The van der Waals surface area contributed by atoms with Gasteiger partial charge < -0.3 is 9.84 Å². The van der Waals surface area contributed by atoms with E-state index in [4.69, 9.17) is 9.84 Å². The number of carboxylic acid groups (broad SMARTS) is 1. The van der Waals surface area contributed by atoms with Gasteiger partial charge in [0.05, 0.1) is 12.7 Å². The number of aromatic carboxylic acids is 1. The predicted molar refractivity (Wildman–Crippen MR) is 73.3 cm³/mol. The molecule has 21 heavy (non-hydrogen) atoms. The van der Waals surface area contributed by atoms with Crippen molar-refractivity contribution in [2.24, 2.45) is 0 Å². The summed E-state index contributed by atoms with van der Waals surface area (Å²) in [4.78, 5) is 36.3. The Bertz CT molecular complexity index is 804. The fourth-order valence-corrected chi connectivity index (χ4v) is 2.54. The lowest BCUT2D eigenvalue weighted by Crippen LogP contribution is -2.22. The van der Waals surface area contributed by atoms with E-state index < -0.39 is 11.8 Å². The van der Waals surface area contributed by atoms with E-state index in [1.807, 2.05) is 0 Å². The molecule has 2 aromatic carbocycles. The molecule has 0 spiro atoms. The van der Waals surface area contributed by atoms with E-state index in [0.717, 1.165) is 0 Å². The van der Waals surface area contributed by atoms with Gasteiger partial charge in [-0.3, -0.25) is 9.59 Å². The SMILES string of the molecule is COc1c(C(=O)O)ccc2c1C(=O)c1ccccc1C2=O. The summed E-state index contributed by atoms with van der Waals surface area (Å²) < 4.78 is 5.08. The largest absolute Gasteiger partial charge is 0.495 e. The van der Waals surface area contributed by atoms with Crippen LogP contribution in [0.5, 0.6) is 5.75 Å². The molecule has 0 radical (unpaired) electrons. The average molecular weight is 282 g/mol. The second-order valence-electron chi connectivity index (χ2n) is 4.58. The molecular weight excluding hydrogens is 272 g/mol. The van der Waals surface area contributed by atoms with Crippen LogP contribution < -0.4 is 4.74 Å². The van der Waals surface area contributed by atoms with E-state index in [1.54, 1.807) is 24.3 Å². The molecule has 0 fully saturated rings. The molecular formula is C16H10O5. The molecule has 1 aliphatic carbocycles. The van der Waals surface area contributed by atoms with Gasteiger partial charge in [-0.15, -0.1) is 0 Å². The van der Waals surface area contributed by atoms with Gasteiger partial charge in [0, 0.05) is 16.7 Å². The minimum Gasteiger partial charge on any atom is -0.495 e. The quantitative estimate of drug-likeness (QED) is 0.779. The number of ketones is 2. The molecule has 5 heteroatoms. The molecule has 0 saturated heterocycles. The summed E-state index contributed by atoms with van der Waals surface area (Å²) in [6.07, 6.45) is 0. The van der Waals surface area contributed by atoms with Crippen LogP contribution in [-0.4, -0.2) is 29.8 Å². The first-order valence-electron chi connectivity index (χ1n) is 6.19. The van der Waals surface area contributed by atoms with Crippen molar-refractivity contribution in [2.45, 2.75) is 0 Å². The van der Waals surface area contributed by atoms with E-state index in [9.17, 15) is 14.4 Å². The molecule has 0 aromatic heterocycles. The van der Waals surface area contributed by atoms with Gasteiger partial charge in [0.2, 0.25) is 0 Å². The standard InChI is InChI=1S/C16H10O5/c1-21-15-11(16(19)20)7-6-10-12(15)14(18)9-5-3-2-4-8(9)13(10)17/h2-7H,1H3,(H,19,20). The lowest BCUT2D eigenvalue weighted by atomic mass is 9.82. The first kappa shape index (κ1) is 13.1. The fraction of sp³-hybridized carbons (Fsp3) is 0.0625. The zero-order valence-electron chi connectivity index (χ0n) is 11.0. The third-order valence-corrected chi connectivity index (χ3v) is 3.48. The number of carbonyl (C=O) groups is 3. The van der Waals surface area contributed by atoms with Gasteiger partial charge in [-0.1, -0.05) is 24.3 Å². The Morgan fingerprint density at radius 2 is 1.57 bits per heavy atom. The molecule has 0 unspecified atom stereocenters. The maximum Gasteiger partial charge on any atom is 0.339 e. The van der Waals surface area contributed by atoms with Crippen LogP contribution in [0.2, 0.25) is 0 Å². The maximum atomic E-state index is 12.6. The first-order chi connectivity index (χ1) is 10.1. The highest BCUT2D eigenvalue weighted by molar-refractivity contribution is 6.29. The summed E-state index contributed by atoms with van der Waals surface area (Å²) >= 11 is 0. The van der Waals surface area contributed by atoms with Gasteiger partial charge in [0.25, 0.3) is 0 Å². The molecule has 0 bridgehead atoms. The molecule has 0 amide bonds. The highest BCUT2D eigenvalue weighted by Gasteiger charge is 2.34. The van der Waals surface area contributed by atoms with Crippen molar-refractivity contribution < 1.29 is 24.2 Å². The van der Waals surface area contributed by atoms with Gasteiger partial charge in [-0.25, -0.2) is 4.79 Å². The topological polar surface area (TPSA) is 80.7 Å². The smallest absolute Gasteiger partial charge is 0.339 e. The Hall–Kier alpha value is -2.95. The van der Waals surface area contributed by atoms with Crippen molar-refractivity contribution >= 4 is 17.5 Å². The van der Waals surface area contributed by atoms with Gasteiger partial charge in [0.1, 0.15) is 11.3 Å². The second kappa shape index (κ2) is 4.56. The third kappa shape index (κ3) is 1.74. The Morgan fingerprint density at radius 3 is 2.14 bits per heavy atom. The van der Waals surface area contributed by atoms with Crippen molar-refractivity contribution in [1.29, 1.82) is 0 Å². The third-order valence-electron chi connectivity index (χ3n) is 3.48. The minimum atomic E-state index is -1.21. The Morgan fingerprint density at radius 1 is 0.952 bits per heavy atom. The Labute approximate surface area is 119 Å². The molecule has 2 aromatic rings. The second-order valence-corrected chi connectivity index (χ2v) is 4.58. The molecule has 1 N–H and O–H groups in total. The minimum absolute atomic E-state index is 0.0149. The van der Waals surface area contributed by atoms with E-state index >= 15 is 0 Å². The van der Waals surface area contributed by atoms with Crippen LogP contribution in [0.3, 0.4) is 0 Å². The van der Waals surface area contributed by atoms with Crippen LogP contribution in [0.1, 0.15) is 42.2 Å². The number of fused-ring (bicyclic) bond motifs is 2. The van der Waals surface area contributed by atoms with Crippen molar-refractivity contribution in [3.63, 3.8) is 0 Å². The highest BCUT2D eigenvalue weighted by Crippen LogP contribution is 2.35. The van der Waals surface area contributed by atoms with Crippen LogP contribution >= 0.6 is 0 Å². The molecule has 0 heterocycles. The number of carboxylic acids is 1. The van der Waals surface area contributed by atoms with Crippen LogP contribution in [0.25, 0.3) is 0 Å². The molecule has 3 rings (SSSR count). The summed E-state index contributed by atoms with van der Waals surface area (Å²) in [5.74, 6) is -2.00. The summed E-state index contributed by atoms with van der Waals surface area (Å²) in [5, 5.41) is 9.17. The molecule has 1 aliphatic rings. The van der Waals surface area contributed by atoms with Crippen molar-refractivity contribution in [1.82, 2.24) is 0 Å². The molecule has 0 aliphatic heterocycles. The van der Waals surface area contributed by atoms with Crippen molar-refractivity contribution in [3.05, 3.63) is 64.2 Å². The maximum absolute atomic E-state index is 12.6. The van der Waals surface area contributed by atoms with Crippen LogP contribution in [-0.2, 0) is 0 Å².